The highest BCUT2D eigenvalue weighted by atomic mass is 16.6. The average molecular weight is 397 g/mol. The lowest BCUT2D eigenvalue weighted by atomic mass is 9.89. The van der Waals surface area contributed by atoms with Gasteiger partial charge in [-0.1, -0.05) is 37.3 Å². The summed E-state index contributed by atoms with van der Waals surface area (Å²) in [4.78, 5) is 14.8. The second kappa shape index (κ2) is 9.01. The van der Waals surface area contributed by atoms with Crippen molar-refractivity contribution in [2.24, 2.45) is 0 Å². The first-order chi connectivity index (χ1) is 14.0. The lowest BCUT2D eigenvalue weighted by Crippen LogP contribution is -2.41. The fraction of sp³-hybridized carbons (Fsp3) is 0.348. The van der Waals surface area contributed by atoms with Crippen LogP contribution in [0.3, 0.4) is 0 Å². The lowest BCUT2D eigenvalue weighted by Gasteiger charge is -2.37. The Hall–Kier alpha value is -2.99. The van der Waals surface area contributed by atoms with Crippen LogP contribution in [0, 0.1) is 0 Å². The van der Waals surface area contributed by atoms with Gasteiger partial charge in [0.15, 0.2) is 5.70 Å². The molecule has 0 spiro atoms. The van der Waals surface area contributed by atoms with Crippen molar-refractivity contribution in [3.63, 3.8) is 0 Å². The third-order valence-electron chi connectivity index (χ3n) is 4.90. The molecule has 0 saturated carbocycles. The summed E-state index contributed by atoms with van der Waals surface area (Å²) in [7, 11) is 0. The van der Waals surface area contributed by atoms with Crippen LogP contribution in [-0.2, 0) is 15.1 Å². The number of rotatable bonds is 8. The molecule has 154 valence electrons. The number of nitrogens with zero attached hydrogens (tertiary/aromatic N) is 1. The topological polar surface area (TPSA) is 79.2 Å². The van der Waals surface area contributed by atoms with Crippen LogP contribution in [0.1, 0.15) is 32.3 Å². The zero-order valence-corrected chi connectivity index (χ0v) is 16.8. The van der Waals surface area contributed by atoms with Crippen LogP contribution >= 0.6 is 0 Å². The highest BCUT2D eigenvalue weighted by molar-refractivity contribution is 5.94. The summed E-state index contributed by atoms with van der Waals surface area (Å²) in [5, 5.41) is 19.7. The van der Waals surface area contributed by atoms with Gasteiger partial charge < -0.3 is 24.6 Å². The molecule has 1 aliphatic rings. The van der Waals surface area contributed by atoms with E-state index in [-0.39, 0.29) is 31.1 Å². The summed E-state index contributed by atoms with van der Waals surface area (Å²) >= 11 is 0. The molecule has 6 nitrogen and oxygen atoms in total. The Morgan fingerprint density at radius 1 is 1.14 bits per heavy atom. The van der Waals surface area contributed by atoms with Gasteiger partial charge in [0.05, 0.1) is 13.0 Å². The van der Waals surface area contributed by atoms with Crippen LogP contribution in [0.2, 0.25) is 0 Å². The number of benzene rings is 2. The van der Waals surface area contributed by atoms with Gasteiger partial charge in [-0.15, -0.1) is 0 Å². The fourth-order valence-corrected chi connectivity index (χ4v) is 3.51. The normalized spacial score (nSPS) is 19.1. The van der Waals surface area contributed by atoms with Crippen molar-refractivity contribution in [1.82, 2.24) is 0 Å². The van der Waals surface area contributed by atoms with E-state index in [1.807, 2.05) is 42.2 Å². The number of esters is 1. The van der Waals surface area contributed by atoms with Crippen molar-refractivity contribution in [1.29, 1.82) is 0 Å². The number of carbonyl (C=O) groups excluding carboxylic acids is 1. The van der Waals surface area contributed by atoms with Crippen LogP contribution in [0.15, 0.2) is 66.1 Å². The van der Waals surface area contributed by atoms with Gasteiger partial charge in [-0.3, -0.25) is 0 Å². The largest absolute Gasteiger partial charge is 0.510 e. The lowest BCUT2D eigenvalue weighted by molar-refractivity contribution is -0.158. The van der Waals surface area contributed by atoms with Crippen LogP contribution in [0.25, 0.3) is 0 Å². The van der Waals surface area contributed by atoms with E-state index >= 15 is 0 Å². The summed E-state index contributed by atoms with van der Waals surface area (Å²) in [6, 6.07) is 16.6. The average Bonchev–Trinajstić information content (AvgIpc) is 2.72. The van der Waals surface area contributed by atoms with Crippen molar-refractivity contribution in [2.45, 2.75) is 32.3 Å². The molecule has 29 heavy (non-hydrogen) atoms. The van der Waals surface area contributed by atoms with Crippen LogP contribution < -0.4 is 9.64 Å². The van der Waals surface area contributed by atoms with E-state index in [0.29, 0.717) is 12.3 Å². The molecule has 1 aliphatic heterocycles. The molecule has 2 N–H and O–H groups in total. The Balaban J connectivity index is 1.88. The third kappa shape index (κ3) is 4.54. The molecule has 0 radical (unpaired) electrons. The maximum absolute atomic E-state index is 13.0. The summed E-state index contributed by atoms with van der Waals surface area (Å²) in [5.74, 6) is 0.0861. The van der Waals surface area contributed by atoms with E-state index in [9.17, 15) is 9.90 Å². The van der Waals surface area contributed by atoms with E-state index < -0.39 is 11.6 Å². The van der Waals surface area contributed by atoms with E-state index in [1.165, 1.54) is 0 Å². The Morgan fingerprint density at radius 3 is 2.41 bits per heavy atom. The van der Waals surface area contributed by atoms with Gasteiger partial charge in [-0.25, -0.2) is 4.79 Å². The monoisotopic (exact) mass is 397 g/mol. The highest BCUT2D eigenvalue weighted by Gasteiger charge is 2.41. The number of hydrogen-bond acceptors (Lipinski definition) is 6. The fourth-order valence-electron chi connectivity index (χ4n) is 3.51. The molecule has 0 aliphatic carbocycles. The number of aliphatic hydroxyl groups excluding tert-OH is 2. The van der Waals surface area contributed by atoms with Gasteiger partial charge in [0, 0.05) is 12.2 Å². The second-order valence-corrected chi connectivity index (χ2v) is 7.18. The molecule has 2 aromatic rings. The van der Waals surface area contributed by atoms with Crippen LogP contribution in [0.5, 0.6) is 5.75 Å². The zero-order valence-electron chi connectivity index (χ0n) is 16.8. The number of cyclic esters (lactones) is 1. The summed E-state index contributed by atoms with van der Waals surface area (Å²) in [5.41, 5.74) is 0.809. The number of aliphatic hydroxyl groups is 2. The van der Waals surface area contributed by atoms with Crippen LogP contribution in [-0.4, -0.2) is 35.9 Å². The Labute approximate surface area is 171 Å². The SMILES string of the molecule is CCCN(C1=C(O)CC(C)(c2ccc(OCCO)cc2)OC1=O)c1ccccc1. The number of ether oxygens (including phenoxy) is 2. The molecule has 3 rings (SSSR count). The van der Waals surface area contributed by atoms with Crippen LogP contribution in [0.4, 0.5) is 5.69 Å². The molecule has 1 atom stereocenters. The smallest absolute Gasteiger partial charge is 0.359 e. The molecule has 6 heteroatoms. The molecular weight excluding hydrogens is 370 g/mol. The number of carbonyl (C=O) groups is 1. The number of anilines is 1. The van der Waals surface area contributed by atoms with E-state index in [1.54, 1.807) is 31.2 Å². The highest BCUT2D eigenvalue weighted by Crippen LogP contribution is 2.39. The number of para-hydroxylation sites is 1. The maximum atomic E-state index is 13.0. The molecular formula is C23H27NO5. The summed E-state index contributed by atoms with van der Waals surface area (Å²) in [6.45, 7) is 4.55. The van der Waals surface area contributed by atoms with Crippen molar-refractivity contribution in [3.8, 4) is 5.75 Å². The minimum absolute atomic E-state index is 0.0154. The van der Waals surface area contributed by atoms with Gasteiger partial charge in [-0.2, -0.15) is 0 Å². The second-order valence-electron chi connectivity index (χ2n) is 7.18. The molecule has 1 heterocycles. The van der Waals surface area contributed by atoms with Gasteiger partial charge in [0.2, 0.25) is 0 Å². The van der Waals surface area contributed by atoms with Gasteiger partial charge in [-0.05, 0) is 43.2 Å². The van der Waals surface area contributed by atoms with Crippen molar-refractivity contribution < 1.29 is 24.5 Å². The molecule has 0 fully saturated rings. The molecule has 0 bridgehead atoms. The van der Waals surface area contributed by atoms with Crippen molar-refractivity contribution >= 4 is 11.7 Å². The van der Waals surface area contributed by atoms with E-state index in [4.69, 9.17) is 14.6 Å². The minimum atomic E-state index is -0.977. The van der Waals surface area contributed by atoms with Gasteiger partial charge in [0.25, 0.3) is 0 Å². The first kappa shape index (κ1) is 20.7. The first-order valence-corrected chi connectivity index (χ1v) is 9.80. The summed E-state index contributed by atoms with van der Waals surface area (Å²) in [6.07, 6.45) is 0.990. The Bertz CT molecular complexity index is 863. The molecule has 0 aromatic heterocycles. The van der Waals surface area contributed by atoms with Gasteiger partial charge in [0.1, 0.15) is 23.7 Å². The Kier molecular flexibility index (Phi) is 6.44. The van der Waals surface area contributed by atoms with Gasteiger partial charge >= 0.3 is 5.97 Å². The summed E-state index contributed by atoms with van der Waals surface area (Å²) < 4.78 is 11.2. The van der Waals surface area contributed by atoms with E-state index in [0.717, 1.165) is 17.7 Å². The van der Waals surface area contributed by atoms with Crippen molar-refractivity contribution in [2.75, 3.05) is 24.7 Å². The molecule has 0 amide bonds. The predicted molar refractivity (Wildman–Crippen MR) is 111 cm³/mol. The first-order valence-electron chi connectivity index (χ1n) is 9.80. The standard InChI is InChI=1S/C23H27NO5/c1-3-13-24(18-7-5-4-6-8-18)21-20(26)16-23(2,29-22(21)27)17-9-11-19(12-10-17)28-15-14-25/h4-12,25-26H,3,13-16H2,1-2H3. The van der Waals surface area contributed by atoms with Crippen molar-refractivity contribution in [3.05, 3.63) is 71.6 Å². The Morgan fingerprint density at radius 2 is 1.83 bits per heavy atom. The molecule has 2 aromatic carbocycles. The predicted octanol–water partition coefficient (Wildman–Crippen LogP) is 3.91. The zero-order chi connectivity index (χ0) is 20.9. The maximum Gasteiger partial charge on any atom is 0.359 e. The number of hydrogen-bond donors (Lipinski definition) is 2. The third-order valence-corrected chi connectivity index (χ3v) is 4.90. The molecule has 0 saturated heterocycles. The minimum Gasteiger partial charge on any atom is -0.510 e. The van der Waals surface area contributed by atoms with E-state index in [2.05, 4.69) is 0 Å². The molecule has 1 unspecified atom stereocenters. The quantitative estimate of drug-likeness (QED) is 0.658.